The number of fused-ring (bicyclic) bond motifs is 2. The van der Waals surface area contributed by atoms with Gasteiger partial charge in [0.25, 0.3) is 5.91 Å². The number of urea groups is 1. The van der Waals surface area contributed by atoms with Crippen LogP contribution >= 0.6 is 0 Å². The molecule has 0 aromatic rings. The third-order valence-electron chi connectivity index (χ3n) is 3.73. The predicted octanol–water partition coefficient (Wildman–Crippen LogP) is -0.0808. The summed E-state index contributed by atoms with van der Waals surface area (Å²) < 4.78 is 0. The first-order valence-corrected chi connectivity index (χ1v) is 6.56. The van der Waals surface area contributed by atoms with Crippen LogP contribution in [0.2, 0.25) is 0 Å². The van der Waals surface area contributed by atoms with Crippen LogP contribution in [0.3, 0.4) is 0 Å². The maximum Gasteiger partial charge on any atom is 0.344 e. The molecule has 0 aliphatic carbocycles. The molecule has 2 atom stereocenters. The molecule has 8 nitrogen and oxygen atoms in total. The lowest BCUT2D eigenvalue weighted by molar-refractivity contribution is -0.153. The van der Waals surface area contributed by atoms with E-state index in [2.05, 4.69) is 0 Å². The van der Waals surface area contributed by atoms with Crippen molar-refractivity contribution in [2.24, 2.45) is 11.3 Å². The van der Waals surface area contributed by atoms with Crippen molar-refractivity contribution in [2.75, 3.05) is 6.54 Å². The predicted molar refractivity (Wildman–Crippen MR) is 68.0 cm³/mol. The van der Waals surface area contributed by atoms with Gasteiger partial charge >= 0.3 is 6.03 Å². The van der Waals surface area contributed by atoms with Gasteiger partial charge in [0.2, 0.25) is 5.91 Å². The maximum atomic E-state index is 12.3. The van der Waals surface area contributed by atoms with Gasteiger partial charge in [-0.25, -0.2) is 20.7 Å². The van der Waals surface area contributed by atoms with E-state index >= 15 is 0 Å². The van der Waals surface area contributed by atoms with Gasteiger partial charge < -0.3 is 4.90 Å². The summed E-state index contributed by atoms with van der Waals surface area (Å²) in [6.07, 6.45) is 0.893. The summed E-state index contributed by atoms with van der Waals surface area (Å²) in [7, 11) is 0. The highest BCUT2D eigenvalue weighted by molar-refractivity contribution is 6.00. The summed E-state index contributed by atoms with van der Waals surface area (Å²) in [4.78, 5) is 37.4. The van der Waals surface area contributed by atoms with E-state index in [4.69, 9.17) is 5.84 Å². The Morgan fingerprint density at radius 3 is 2.50 bits per heavy atom. The second kappa shape index (κ2) is 4.71. The van der Waals surface area contributed by atoms with Crippen molar-refractivity contribution in [3.8, 4) is 0 Å². The van der Waals surface area contributed by atoms with Crippen molar-refractivity contribution in [1.82, 2.24) is 15.0 Å². The van der Waals surface area contributed by atoms with E-state index in [9.17, 15) is 19.6 Å². The topological polar surface area (TPSA) is 107 Å². The molecule has 2 fully saturated rings. The van der Waals surface area contributed by atoms with Crippen molar-refractivity contribution in [1.29, 1.82) is 0 Å². The molecule has 0 saturated carbocycles. The molecule has 0 spiro atoms. The molecule has 2 rings (SSSR count). The Kier molecular flexibility index (Phi) is 3.47. The van der Waals surface area contributed by atoms with Crippen LogP contribution in [0.25, 0.3) is 0 Å². The van der Waals surface area contributed by atoms with Crippen LogP contribution in [0.15, 0.2) is 0 Å². The molecule has 0 aromatic heterocycles. The number of imide groups is 1. The summed E-state index contributed by atoms with van der Waals surface area (Å²) in [5.41, 5.74) is -0.778. The number of piperidine rings is 1. The number of rotatable bonds is 1. The fourth-order valence-electron chi connectivity index (χ4n) is 2.53. The number of carbonyl (C=O) groups excluding carboxylic acids is 3. The summed E-state index contributed by atoms with van der Waals surface area (Å²) in [6, 6.07) is -1.68. The van der Waals surface area contributed by atoms with Gasteiger partial charge in [-0.3, -0.25) is 14.8 Å². The van der Waals surface area contributed by atoms with Gasteiger partial charge in [-0.2, -0.15) is 0 Å². The molecule has 2 aliphatic heterocycles. The molecule has 2 aliphatic rings. The Bertz CT molecular complexity index is 459. The smallest absolute Gasteiger partial charge is 0.309 e. The lowest BCUT2D eigenvalue weighted by Gasteiger charge is -2.33. The SMILES string of the molecule is CC(C)(C)C(=O)N(N)C(=O)[C@@H]1CC[C@@H]2CN1C(=O)N2O. The molecule has 4 amide bonds. The first-order chi connectivity index (χ1) is 9.14. The second-order valence-electron chi connectivity index (χ2n) is 6.29. The molecule has 20 heavy (non-hydrogen) atoms. The minimum atomic E-state index is -0.785. The summed E-state index contributed by atoms with van der Waals surface area (Å²) in [6.45, 7) is 5.27. The van der Waals surface area contributed by atoms with E-state index < -0.39 is 29.3 Å². The van der Waals surface area contributed by atoms with Gasteiger partial charge in [-0.15, -0.1) is 0 Å². The number of hydrogen-bond donors (Lipinski definition) is 2. The standard InChI is InChI=1S/C12H20N4O4/c1-12(2,3)10(18)15(13)9(17)8-5-4-7-6-14(8)11(19)16(7)20/h7-8,20H,4-6,13H2,1-3H3/t7-,8+/m1/s1. The van der Waals surface area contributed by atoms with E-state index in [1.165, 1.54) is 4.90 Å². The molecule has 2 heterocycles. The normalized spacial score (nSPS) is 25.9. The van der Waals surface area contributed by atoms with E-state index in [0.717, 1.165) is 0 Å². The quantitative estimate of drug-likeness (QED) is 0.303. The van der Waals surface area contributed by atoms with Crippen molar-refractivity contribution in [3.63, 3.8) is 0 Å². The van der Waals surface area contributed by atoms with Crippen LogP contribution in [0.1, 0.15) is 33.6 Å². The van der Waals surface area contributed by atoms with Gasteiger partial charge in [-0.1, -0.05) is 20.8 Å². The summed E-state index contributed by atoms with van der Waals surface area (Å²) >= 11 is 0. The third-order valence-corrected chi connectivity index (χ3v) is 3.73. The number of nitrogens with zero attached hydrogens (tertiary/aromatic N) is 3. The van der Waals surface area contributed by atoms with Crippen molar-refractivity contribution in [2.45, 2.75) is 45.7 Å². The van der Waals surface area contributed by atoms with Crippen LogP contribution in [0.5, 0.6) is 0 Å². The number of hydrogen-bond acceptors (Lipinski definition) is 5. The van der Waals surface area contributed by atoms with Crippen molar-refractivity contribution in [3.05, 3.63) is 0 Å². The van der Waals surface area contributed by atoms with Gasteiger partial charge in [0.15, 0.2) is 0 Å². The Hall–Kier alpha value is -1.67. The maximum absolute atomic E-state index is 12.3. The van der Waals surface area contributed by atoms with E-state index in [1.807, 2.05) is 0 Å². The Morgan fingerprint density at radius 1 is 1.35 bits per heavy atom. The molecule has 2 saturated heterocycles. The summed E-state index contributed by atoms with van der Waals surface area (Å²) in [5.74, 6) is 4.50. The fraction of sp³-hybridized carbons (Fsp3) is 0.750. The van der Waals surface area contributed by atoms with Gasteiger partial charge in [0.05, 0.1) is 6.04 Å². The summed E-state index contributed by atoms with van der Waals surface area (Å²) in [5, 5.41) is 10.8. The van der Waals surface area contributed by atoms with Crippen LogP contribution in [-0.4, -0.2) is 56.7 Å². The van der Waals surface area contributed by atoms with Crippen molar-refractivity contribution < 1.29 is 19.6 Å². The van der Waals surface area contributed by atoms with E-state index in [0.29, 0.717) is 22.9 Å². The van der Waals surface area contributed by atoms with Crippen LogP contribution < -0.4 is 5.84 Å². The molecular formula is C12H20N4O4. The molecule has 0 aromatic carbocycles. The minimum Gasteiger partial charge on any atom is -0.309 e. The number of carbonyl (C=O) groups is 3. The third kappa shape index (κ3) is 2.25. The van der Waals surface area contributed by atoms with Crippen LogP contribution in [0, 0.1) is 5.41 Å². The molecule has 3 N–H and O–H groups in total. The first kappa shape index (κ1) is 14.7. The Balaban J connectivity index is 2.14. The second-order valence-corrected chi connectivity index (χ2v) is 6.29. The molecule has 0 unspecified atom stereocenters. The molecule has 8 heteroatoms. The number of nitrogens with two attached hydrogens (primary N) is 1. The molecule has 0 radical (unpaired) electrons. The highest BCUT2D eigenvalue weighted by Gasteiger charge is 2.48. The van der Waals surface area contributed by atoms with E-state index in [-0.39, 0.29) is 12.6 Å². The average molecular weight is 284 g/mol. The minimum absolute atomic E-state index is 0.281. The van der Waals surface area contributed by atoms with Gasteiger partial charge in [0.1, 0.15) is 6.04 Å². The van der Waals surface area contributed by atoms with Gasteiger partial charge in [0, 0.05) is 12.0 Å². The van der Waals surface area contributed by atoms with Gasteiger partial charge in [-0.05, 0) is 12.8 Å². The number of hydrazine groups is 1. The van der Waals surface area contributed by atoms with Crippen LogP contribution in [-0.2, 0) is 9.59 Å². The van der Waals surface area contributed by atoms with E-state index in [1.54, 1.807) is 20.8 Å². The van der Waals surface area contributed by atoms with Crippen molar-refractivity contribution >= 4 is 17.8 Å². The largest absolute Gasteiger partial charge is 0.344 e. The lowest BCUT2D eigenvalue weighted by atomic mass is 9.94. The zero-order valence-electron chi connectivity index (χ0n) is 11.9. The lowest BCUT2D eigenvalue weighted by Crippen LogP contribution is -2.57. The van der Waals surface area contributed by atoms with Crippen LogP contribution in [0.4, 0.5) is 4.79 Å². The monoisotopic (exact) mass is 284 g/mol. The first-order valence-electron chi connectivity index (χ1n) is 6.56. The number of hydroxylamine groups is 2. The zero-order valence-corrected chi connectivity index (χ0v) is 11.9. The zero-order chi connectivity index (χ0) is 15.2. The Labute approximate surface area is 117 Å². The molecule has 112 valence electrons. The fourth-order valence-corrected chi connectivity index (χ4v) is 2.53. The number of amides is 4. The Morgan fingerprint density at radius 2 is 1.95 bits per heavy atom. The highest BCUT2D eigenvalue weighted by atomic mass is 16.5. The highest BCUT2D eigenvalue weighted by Crippen LogP contribution is 2.29. The molecular weight excluding hydrogens is 264 g/mol. The molecule has 2 bridgehead atoms. The average Bonchev–Trinajstić information content (AvgIpc) is 2.61.